The topological polar surface area (TPSA) is 46.3 Å². The van der Waals surface area contributed by atoms with Gasteiger partial charge in [0, 0.05) is 25.6 Å². The monoisotopic (exact) mass is 260 g/mol. The number of rotatable bonds is 4. The molecule has 3 heteroatoms. The Hall–Kier alpha value is -1.35. The van der Waals surface area contributed by atoms with E-state index in [4.69, 9.17) is 5.73 Å². The van der Waals surface area contributed by atoms with E-state index in [9.17, 15) is 4.79 Å². The Balaban J connectivity index is 1.91. The summed E-state index contributed by atoms with van der Waals surface area (Å²) in [6.07, 6.45) is 3.70. The maximum Gasteiger partial charge on any atom is 0.223 e. The average Bonchev–Trinajstić information content (AvgIpc) is 2.45. The van der Waals surface area contributed by atoms with Gasteiger partial charge in [0.15, 0.2) is 0 Å². The zero-order valence-corrected chi connectivity index (χ0v) is 11.7. The Morgan fingerprint density at radius 1 is 1.37 bits per heavy atom. The maximum absolute atomic E-state index is 12.4. The van der Waals surface area contributed by atoms with Crippen molar-refractivity contribution >= 4 is 5.91 Å². The maximum atomic E-state index is 12.4. The van der Waals surface area contributed by atoms with Gasteiger partial charge in [0.2, 0.25) is 5.91 Å². The van der Waals surface area contributed by atoms with Gasteiger partial charge < -0.3 is 10.6 Å². The minimum atomic E-state index is 0.233. The summed E-state index contributed by atoms with van der Waals surface area (Å²) >= 11 is 0. The number of nitrogens with two attached hydrogens (primary N) is 1. The van der Waals surface area contributed by atoms with E-state index >= 15 is 0 Å². The van der Waals surface area contributed by atoms with Crippen LogP contribution < -0.4 is 5.73 Å². The Kier molecular flexibility index (Phi) is 4.97. The van der Waals surface area contributed by atoms with E-state index in [-0.39, 0.29) is 11.9 Å². The minimum Gasteiger partial charge on any atom is -0.338 e. The summed E-state index contributed by atoms with van der Waals surface area (Å²) in [5.41, 5.74) is 7.06. The molecule has 0 aliphatic carbocycles. The third-order valence-corrected chi connectivity index (χ3v) is 4.15. The fraction of sp³-hybridized carbons (Fsp3) is 0.562. The van der Waals surface area contributed by atoms with Crippen molar-refractivity contribution in [3.8, 4) is 0 Å². The molecule has 1 aromatic rings. The SMILES string of the molecule is CC1CCCN(C(=O)CCc2ccccc2)C1CN. The molecular formula is C16H24N2O. The van der Waals surface area contributed by atoms with E-state index in [0.717, 1.165) is 19.4 Å². The number of benzene rings is 1. The van der Waals surface area contributed by atoms with Crippen LogP contribution in [0.5, 0.6) is 0 Å². The molecule has 0 bridgehead atoms. The molecule has 1 aliphatic rings. The summed E-state index contributed by atoms with van der Waals surface area (Å²) in [5.74, 6) is 0.783. The molecule has 19 heavy (non-hydrogen) atoms. The first-order valence-electron chi connectivity index (χ1n) is 7.26. The van der Waals surface area contributed by atoms with Crippen LogP contribution in [0.4, 0.5) is 0 Å². The third kappa shape index (κ3) is 3.57. The van der Waals surface area contributed by atoms with Crippen molar-refractivity contribution in [1.82, 2.24) is 4.90 Å². The lowest BCUT2D eigenvalue weighted by Gasteiger charge is -2.39. The van der Waals surface area contributed by atoms with Crippen LogP contribution in [-0.2, 0) is 11.2 Å². The normalized spacial score (nSPS) is 23.4. The second kappa shape index (κ2) is 6.71. The van der Waals surface area contributed by atoms with E-state index in [2.05, 4.69) is 19.1 Å². The zero-order valence-electron chi connectivity index (χ0n) is 11.7. The van der Waals surface area contributed by atoms with Crippen LogP contribution >= 0.6 is 0 Å². The van der Waals surface area contributed by atoms with Crippen molar-refractivity contribution < 1.29 is 4.79 Å². The van der Waals surface area contributed by atoms with Gasteiger partial charge in [-0.2, -0.15) is 0 Å². The summed E-state index contributed by atoms with van der Waals surface area (Å²) in [6, 6.07) is 10.4. The number of carbonyl (C=O) groups excluding carboxylic acids is 1. The summed E-state index contributed by atoms with van der Waals surface area (Å²) in [7, 11) is 0. The lowest BCUT2D eigenvalue weighted by atomic mass is 9.90. The molecule has 2 atom stereocenters. The molecular weight excluding hydrogens is 236 g/mol. The number of piperidine rings is 1. The van der Waals surface area contributed by atoms with Gasteiger partial charge in [0.05, 0.1) is 0 Å². The highest BCUT2D eigenvalue weighted by Crippen LogP contribution is 2.23. The molecule has 1 saturated heterocycles. The van der Waals surface area contributed by atoms with Gasteiger partial charge in [-0.25, -0.2) is 0 Å². The van der Waals surface area contributed by atoms with Crippen molar-refractivity contribution in [3.05, 3.63) is 35.9 Å². The van der Waals surface area contributed by atoms with Gasteiger partial charge in [-0.05, 0) is 30.7 Å². The Morgan fingerprint density at radius 3 is 2.79 bits per heavy atom. The number of hydrogen-bond acceptors (Lipinski definition) is 2. The molecule has 104 valence electrons. The quantitative estimate of drug-likeness (QED) is 0.902. The lowest BCUT2D eigenvalue weighted by Crippen LogP contribution is -2.51. The van der Waals surface area contributed by atoms with Crippen LogP contribution in [0.25, 0.3) is 0 Å². The number of hydrogen-bond donors (Lipinski definition) is 1. The van der Waals surface area contributed by atoms with E-state index in [1.165, 1.54) is 12.0 Å². The molecule has 1 aliphatic heterocycles. The highest BCUT2D eigenvalue weighted by molar-refractivity contribution is 5.77. The van der Waals surface area contributed by atoms with Crippen molar-refractivity contribution in [2.75, 3.05) is 13.1 Å². The lowest BCUT2D eigenvalue weighted by molar-refractivity contribution is -0.136. The fourth-order valence-electron chi connectivity index (χ4n) is 2.96. The molecule has 2 unspecified atom stereocenters. The van der Waals surface area contributed by atoms with Crippen molar-refractivity contribution in [3.63, 3.8) is 0 Å². The molecule has 1 aromatic carbocycles. The van der Waals surface area contributed by atoms with E-state index in [1.807, 2.05) is 23.1 Å². The summed E-state index contributed by atoms with van der Waals surface area (Å²) < 4.78 is 0. The first-order chi connectivity index (χ1) is 9.22. The first kappa shape index (κ1) is 14.1. The average molecular weight is 260 g/mol. The Bertz CT molecular complexity index is 404. The number of nitrogens with zero attached hydrogens (tertiary/aromatic N) is 1. The Morgan fingerprint density at radius 2 is 2.11 bits per heavy atom. The molecule has 1 amide bonds. The van der Waals surface area contributed by atoms with E-state index in [1.54, 1.807) is 0 Å². The van der Waals surface area contributed by atoms with Crippen LogP contribution in [0.3, 0.4) is 0 Å². The number of amides is 1. The van der Waals surface area contributed by atoms with Crippen LogP contribution in [0.15, 0.2) is 30.3 Å². The van der Waals surface area contributed by atoms with Crippen LogP contribution in [0.2, 0.25) is 0 Å². The van der Waals surface area contributed by atoms with Crippen molar-refractivity contribution in [1.29, 1.82) is 0 Å². The zero-order chi connectivity index (χ0) is 13.7. The highest BCUT2D eigenvalue weighted by atomic mass is 16.2. The summed E-state index contributed by atoms with van der Waals surface area (Å²) in [5, 5.41) is 0. The minimum absolute atomic E-state index is 0.233. The Labute approximate surface area is 115 Å². The van der Waals surface area contributed by atoms with Gasteiger partial charge in [-0.1, -0.05) is 37.3 Å². The van der Waals surface area contributed by atoms with E-state index < -0.39 is 0 Å². The molecule has 0 radical (unpaired) electrons. The molecule has 2 N–H and O–H groups in total. The van der Waals surface area contributed by atoms with Crippen LogP contribution in [-0.4, -0.2) is 29.9 Å². The van der Waals surface area contributed by atoms with Gasteiger partial charge >= 0.3 is 0 Å². The largest absolute Gasteiger partial charge is 0.338 e. The predicted molar refractivity (Wildman–Crippen MR) is 77.7 cm³/mol. The van der Waals surface area contributed by atoms with Crippen LogP contribution in [0.1, 0.15) is 31.7 Å². The molecule has 1 heterocycles. The fourth-order valence-corrected chi connectivity index (χ4v) is 2.96. The smallest absolute Gasteiger partial charge is 0.223 e. The third-order valence-electron chi connectivity index (χ3n) is 4.15. The standard InChI is InChI=1S/C16H24N2O/c1-13-6-5-11-18(15(13)12-17)16(19)10-9-14-7-3-2-4-8-14/h2-4,7-8,13,15H,5-6,9-12,17H2,1H3. The number of likely N-dealkylation sites (tertiary alicyclic amines) is 1. The van der Waals surface area contributed by atoms with Gasteiger partial charge in [0.1, 0.15) is 0 Å². The van der Waals surface area contributed by atoms with Gasteiger partial charge in [-0.15, -0.1) is 0 Å². The molecule has 0 spiro atoms. The molecule has 0 aromatic heterocycles. The summed E-state index contributed by atoms with van der Waals surface area (Å²) in [4.78, 5) is 14.4. The first-order valence-corrected chi connectivity index (χ1v) is 7.26. The highest BCUT2D eigenvalue weighted by Gasteiger charge is 2.30. The van der Waals surface area contributed by atoms with Crippen LogP contribution in [0, 0.1) is 5.92 Å². The number of aryl methyl sites for hydroxylation is 1. The van der Waals surface area contributed by atoms with Crippen molar-refractivity contribution in [2.24, 2.45) is 11.7 Å². The molecule has 0 saturated carbocycles. The van der Waals surface area contributed by atoms with Gasteiger partial charge in [0.25, 0.3) is 0 Å². The summed E-state index contributed by atoms with van der Waals surface area (Å²) in [6.45, 7) is 3.66. The predicted octanol–water partition coefficient (Wildman–Crippen LogP) is 2.21. The second-order valence-corrected chi connectivity index (χ2v) is 5.50. The molecule has 3 nitrogen and oxygen atoms in total. The number of carbonyl (C=O) groups is 1. The molecule has 1 fully saturated rings. The van der Waals surface area contributed by atoms with Gasteiger partial charge in [-0.3, -0.25) is 4.79 Å². The van der Waals surface area contributed by atoms with Crippen molar-refractivity contribution in [2.45, 2.75) is 38.6 Å². The van der Waals surface area contributed by atoms with E-state index in [0.29, 0.717) is 18.9 Å². The molecule has 2 rings (SSSR count). The second-order valence-electron chi connectivity index (χ2n) is 5.50.